The summed E-state index contributed by atoms with van der Waals surface area (Å²) in [7, 11) is 0. The van der Waals surface area contributed by atoms with Crippen molar-refractivity contribution in [3.05, 3.63) is 71.5 Å². The molecule has 7 nitrogen and oxygen atoms in total. The Morgan fingerprint density at radius 1 is 1.06 bits per heavy atom. The van der Waals surface area contributed by atoms with Crippen molar-refractivity contribution in [3.8, 4) is 5.75 Å². The quantitative estimate of drug-likeness (QED) is 0.580. The van der Waals surface area contributed by atoms with Crippen LogP contribution in [0.1, 0.15) is 54.5 Å². The summed E-state index contributed by atoms with van der Waals surface area (Å²) in [5.74, 6) is 2.10. The zero-order chi connectivity index (χ0) is 21.6. The lowest BCUT2D eigenvalue weighted by molar-refractivity contribution is 0.0690. The fraction of sp³-hybridized carbons (Fsp3) is 0.417. The van der Waals surface area contributed by atoms with Gasteiger partial charge in [0.25, 0.3) is 5.91 Å². The lowest BCUT2D eigenvalue weighted by Crippen LogP contribution is -2.38. The third kappa shape index (κ3) is 5.29. The monoisotopic (exact) mass is 419 g/mol. The van der Waals surface area contributed by atoms with Gasteiger partial charge in [-0.15, -0.1) is 5.10 Å². The molecule has 0 unspecified atom stereocenters. The van der Waals surface area contributed by atoms with Crippen LogP contribution < -0.4 is 4.74 Å². The maximum absolute atomic E-state index is 12.9. The molecule has 1 amide bonds. The van der Waals surface area contributed by atoms with Crippen LogP contribution in [0.5, 0.6) is 5.75 Å². The van der Waals surface area contributed by atoms with Gasteiger partial charge in [-0.2, -0.15) is 0 Å². The largest absolute Gasteiger partial charge is 0.486 e. The van der Waals surface area contributed by atoms with Gasteiger partial charge in [-0.05, 0) is 79.3 Å². The minimum Gasteiger partial charge on any atom is -0.486 e. The van der Waals surface area contributed by atoms with Gasteiger partial charge in [-0.25, -0.2) is 4.68 Å². The summed E-state index contributed by atoms with van der Waals surface area (Å²) >= 11 is 0. The Morgan fingerprint density at radius 2 is 1.77 bits per heavy atom. The van der Waals surface area contributed by atoms with Crippen molar-refractivity contribution in [2.24, 2.45) is 5.92 Å². The van der Waals surface area contributed by atoms with Gasteiger partial charge in [-0.1, -0.05) is 30.3 Å². The highest BCUT2D eigenvalue weighted by molar-refractivity contribution is 5.94. The van der Waals surface area contributed by atoms with E-state index in [2.05, 4.69) is 45.9 Å². The zero-order valence-electron chi connectivity index (χ0n) is 18.1. The SMILES string of the molecule is CC(C)n1nnnc1COc1ccc(C(=O)N2CCC(Cc3ccccc3)CC2)cc1. The van der Waals surface area contributed by atoms with Crippen LogP contribution >= 0.6 is 0 Å². The molecule has 1 aromatic heterocycles. The van der Waals surface area contributed by atoms with E-state index in [0.717, 1.165) is 32.4 Å². The fourth-order valence-corrected chi connectivity index (χ4v) is 4.02. The molecule has 0 saturated carbocycles. The number of ether oxygens (including phenoxy) is 1. The van der Waals surface area contributed by atoms with Gasteiger partial charge in [-0.3, -0.25) is 4.79 Å². The average Bonchev–Trinajstić information content (AvgIpc) is 3.28. The van der Waals surface area contributed by atoms with Gasteiger partial charge >= 0.3 is 0 Å². The van der Waals surface area contributed by atoms with E-state index in [-0.39, 0.29) is 18.6 Å². The van der Waals surface area contributed by atoms with Gasteiger partial charge < -0.3 is 9.64 Å². The Hall–Kier alpha value is -3.22. The number of aromatic nitrogens is 4. The van der Waals surface area contributed by atoms with Gasteiger partial charge in [0.2, 0.25) is 0 Å². The minimum atomic E-state index is 0.0912. The van der Waals surface area contributed by atoms with E-state index in [4.69, 9.17) is 4.74 Å². The topological polar surface area (TPSA) is 73.1 Å². The molecular formula is C24H29N5O2. The fourth-order valence-electron chi connectivity index (χ4n) is 4.02. The van der Waals surface area contributed by atoms with E-state index in [1.54, 1.807) is 4.68 Å². The molecular weight excluding hydrogens is 390 g/mol. The van der Waals surface area contributed by atoms with Crippen molar-refractivity contribution < 1.29 is 9.53 Å². The molecule has 0 spiro atoms. The van der Waals surface area contributed by atoms with E-state index < -0.39 is 0 Å². The Labute approximate surface area is 183 Å². The molecule has 0 atom stereocenters. The average molecular weight is 420 g/mol. The van der Waals surface area contributed by atoms with Crippen molar-refractivity contribution in [2.75, 3.05) is 13.1 Å². The van der Waals surface area contributed by atoms with Crippen molar-refractivity contribution in [1.29, 1.82) is 0 Å². The number of hydrogen-bond acceptors (Lipinski definition) is 5. The Bertz CT molecular complexity index is 977. The molecule has 0 radical (unpaired) electrons. The summed E-state index contributed by atoms with van der Waals surface area (Å²) in [6, 6.07) is 18.1. The molecule has 2 heterocycles. The Morgan fingerprint density at radius 3 is 2.45 bits per heavy atom. The van der Waals surface area contributed by atoms with Crippen molar-refractivity contribution in [1.82, 2.24) is 25.1 Å². The summed E-state index contributed by atoms with van der Waals surface area (Å²) in [6.45, 7) is 5.95. The normalized spacial score (nSPS) is 14.7. The van der Waals surface area contributed by atoms with E-state index in [1.807, 2.05) is 43.0 Å². The number of likely N-dealkylation sites (tertiary alicyclic amines) is 1. The molecule has 3 aromatic rings. The van der Waals surface area contributed by atoms with Crippen LogP contribution in [0.15, 0.2) is 54.6 Å². The molecule has 162 valence electrons. The second kappa shape index (κ2) is 9.73. The molecule has 4 rings (SSSR count). The minimum absolute atomic E-state index is 0.0912. The molecule has 1 aliphatic heterocycles. The van der Waals surface area contributed by atoms with E-state index >= 15 is 0 Å². The third-order valence-electron chi connectivity index (χ3n) is 5.79. The molecule has 31 heavy (non-hydrogen) atoms. The van der Waals surface area contributed by atoms with Gasteiger partial charge in [0.05, 0.1) is 6.04 Å². The van der Waals surface area contributed by atoms with Crippen LogP contribution in [0.3, 0.4) is 0 Å². The van der Waals surface area contributed by atoms with Crippen molar-refractivity contribution in [2.45, 2.75) is 45.8 Å². The summed E-state index contributed by atoms with van der Waals surface area (Å²) in [5, 5.41) is 11.7. The summed E-state index contributed by atoms with van der Waals surface area (Å²) in [6.07, 6.45) is 3.19. The molecule has 1 saturated heterocycles. The number of nitrogens with zero attached hydrogens (tertiary/aromatic N) is 5. The third-order valence-corrected chi connectivity index (χ3v) is 5.79. The van der Waals surface area contributed by atoms with Crippen LogP contribution in [0, 0.1) is 5.92 Å². The first-order valence-electron chi connectivity index (χ1n) is 10.9. The number of rotatable bonds is 7. The van der Waals surface area contributed by atoms with Gasteiger partial charge in [0, 0.05) is 18.7 Å². The van der Waals surface area contributed by atoms with Crippen LogP contribution in [-0.4, -0.2) is 44.1 Å². The Balaban J connectivity index is 1.28. The number of tetrazole rings is 1. The first-order chi connectivity index (χ1) is 15.1. The van der Waals surface area contributed by atoms with Crippen molar-refractivity contribution in [3.63, 3.8) is 0 Å². The molecule has 0 N–H and O–H groups in total. The smallest absolute Gasteiger partial charge is 0.253 e. The maximum atomic E-state index is 12.9. The molecule has 2 aromatic carbocycles. The predicted octanol–water partition coefficient (Wildman–Crippen LogP) is 3.93. The number of hydrogen-bond donors (Lipinski definition) is 0. The lowest BCUT2D eigenvalue weighted by atomic mass is 9.90. The van der Waals surface area contributed by atoms with E-state index in [0.29, 0.717) is 23.1 Å². The maximum Gasteiger partial charge on any atom is 0.253 e. The summed E-state index contributed by atoms with van der Waals surface area (Å²) in [4.78, 5) is 14.9. The van der Waals surface area contributed by atoms with Crippen LogP contribution in [0.2, 0.25) is 0 Å². The highest BCUT2D eigenvalue weighted by Crippen LogP contribution is 2.23. The van der Waals surface area contributed by atoms with Gasteiger partial charge in [0.15, 0.2) is 5.82 Å². The number of carbonyl (C=O) groups is 1. The van der Waals surface area contributed by atoms with Crippen LogP contribution in [0.25, 0.3) is 0 Å². The second-order valence-electron chi connectivity index (χ2n) is 8.37. The highest BCUT2D eigenvalue weighted by Gasteiger charge is 2.23. The first-order valence-corrected chi connectivity index (χ1v) is 10.9. The number of carbonyl (C=O) groups excluding carboxylic acids is 1. The van der Waals surface area contributed by atoms with E-state index in [1.165, 1.54) is 5.56 Å². The van der Waals surface area contributed by atoms with Crippen LogP contribution in [0.4, 0.5) is 0 Å². The molecule has 0 aliphatic carbocycles. The zero-order valence-corrected chi connectivity index (χ0v) is 18.1. The molecule has 1 fully saturated rings. The Kier molecular flexibility index (Phi) is 6.60. The number of amides is 1. The van der Waals surface area contributed by atoms with Gasteiger partial charge in [0.1, 0.15) is 12.4 Å². The lowest BCUT2D eigenvalue weighted by Gasteiger charge is -2.32. The molecule has 7 heteroatoms. The van der Waals surface area contributed by atoms with Crippen molar-refractivity contribution >= 4 is 5.91 Å². The van der Waals surface area contributed by atoms with Crippen LogP contribution in [-0.2, 0) is 13.0 Å². The first kappa shape index (κ1) is 21.0. The number of piperidine rings is 1. The molecule has 0 bridgehead atoms. The second-order valence-corrected chi connectivity index (χ2v) is 8.37. The highest BCUT2D eigenvalue weighted by atomic mass is 16.5. The standard InChI is InChI=1S/C24H29N5O2/c1-18(2)29-23(25-26-27-29)17-31-22-10-8-21(9-11-22)24(30)28-14-12-20(13-15-28)16-19-6-4-3-5-7-19/h3-11,18,20H,12-17H2,1-2H3. The summed E-state index contributed by atoms with van der Waals surface area (Å²) < 4.78 is 7.54. The predicted molar refractivity (Wildman–Crippen MR) is 118 cm³/mol. The summed E-state index contributed by atoms with van der Waals surface area (Å²) in [5.41, 5.74) is 2.08. The molecule has 1 aliphatic rings. The number of benzene rings is 2. The van der Waals surface area contributed by atoms with E-state index in [9.17, 15) is 4.79 Å².